The molecule has 3 nitrogen and oxygen atoms in total. The second kappa shape index (κ2) is 4.90. The summed E-state index contributed by atoms with van der Waals surface area (Å²) in [7, 11) is 0. The molecule has 0 amide bonds. The quantitative estimate of drug-likeness (QED) is 0.863. The molecule has 1 aliphatic heterocycles. The summed E-state index contributed by atoms with van der Waals surface area (Å²) in [6.07, 6.45) is 4.67. The molecule has 1 atom stereocenters. The van der Waals surface area contributed by atoms with Gasteiger partial charge in [-0.15, -0.1) is 11.3 Å². The highest BCUT2D eigenvalue weighted by Gasteiger charge is 2.26. The topological polar surface area (TPSA) is 42.2 Å². The number of hydrogen-bond donors (Lipinski definition) is 1. The Morgan fingerprint density at radius 1 is 1.53 bits per heavy atom. The molecular formula is C14H15N3S2. The van der Waals surface area contributed by atoms with Gasteiger partial charge >= 0.3 is 0 Å². The molecule has 3 heterocycles. The highest BCUT2D eigenvalue weighted by molar-refractivity contribution is 7.80. The fourth-order valence-corrected chi connectivity index (χ4v) is 3.80. The van der Waals surface area contributed by atoms with Crippen LogP contribution in [0.2, 0.25) is 0 Å². The zero-order valence-electron chi connectivity index (χ0n) is 10.7. The number of thiophene rings is 1. The van der Waals surface area contributed by atoms with E-state index in [4.69, 9.17) is 18.0 Å². The predicted octanol–water partition coefficient (Wildman–Crippen LogP) is 2.90. The van der Waals surface area contributed by atoms with Crippen molar-refractivity contribution in [3.8, 4) is 0 Å². The van der Waals surface area contributed by atoms with E-state index in [1.807, 2.05) is 23.6 Å². The molecule has 1 unspecified atom stereocenters. The Balaban J connectivity index is 2.03. The molecule has 19 heavy (non-hydrogen) atoms. The third kappa shape index (κ3) is 2.13. The van der Waals surface area contributed by atoms with E-state index in [-0.39, 0.29) is 0 Å². The first-order chi connectivity index (χ1) is 9.18. The standard InChI is InChI=1S/C14H15N3S2/c1-9-10-4-7-19-13(10)3-6-17(9)12-8-16-5-2-11(12)14(15)18/h2,4-5,7-9H,3,6H2,1H3,(H2,15,18). The number of pyridine rings is 1. The number of fused-ring (bicyclic) bond motifs is 1. The molecule has 0 saturated carbocycles. The van der Waals surface area contributed by atoms with Crippen LogP contribution in [0.15, 0.2) is 29.9 Å². The smallest absolute Gasteiger partial charge is 0.106 e. The van der Waals surface area contributed by atoms with E-state index in [2.05, 4.69) is 28.3 Å². The van der Waals surface area contributed by atoms with Crippen LogP contribution in [0, 0.1) is 0 Å². The van der Waals surface area contributed by atoms with Gasteiger partial charge in [0.15, 0.2) is 0 Å². The van der Waals surface area contributed by atoms with Crippen LogP contribution in [0.5, 0.6) is 0 Å². The molecule has 0 aromatic carbocycles. The van der Waals surface area contributed by atoms with Gasteiger partial charge in [0, 0.05) is 23.2 Å². The lowest BCUT2D eigenvalue weighted by molar-refractivity contribution is 0.631. The zero-order valence-corrected chi connectivity index (χ0v) is 12.3. The van der Waals surface area contributed by atoms with Gasteiger partial charge in [0.25, 0.3) is 0 Å². The number of nitrogens with two attached hydrogens (primary N) is 1. The molecule has 0 radical (unpaired) electrons. The van der Waals surface area contributed by atoms with E-state index in [1.54, 1.807) is 6.20 Å². The molecule has 0 saturated heterocycles. The van der Waals surface area contributed by atoms with Crippen LogP contribution in [0.25, 0.3) is 0 Å². The van der Waals surface area contributed by atoms with Crippen molar-refractivity contribution < 1.29 is 0 Å². The maximum Gasteiger partial charge on any atom is 0.106 e. The summed E-state index contributed by atoms with van der Waals surface area (Å²) in [5.74, 6) is 0. The summed E-state index contributed by atoms with van der Waals surface area (Å²) in [5, 5.41) is 2.17. The largest absolute Gasteiger partial charge is 0.389 e. The minimum absolute atomic E-state index is 0.340. The normalized spacial score (nSPS) is 18.2. The lowest BCUT2D eigenvalue weighted by Crippen LogP contribution is -2.34. The Labute approximate surface area is 122 Å². The molecule has 2 N–H and O–H groups in total. The Kier molecular flexibility index (Phi) is 3.24. The second-order valence-electron chi connectivity index (χ2n) is 4.68. The van der Waals surface area contributed by atoms with Gasteiger partial charge in [-0.2, -0.15) is 0 Å². The number of aromatic nitrogens is 1. The van der Waals surface area contributed by atoms with Gasteiger partial charge in [0.2, 0.25) is 0 Å². The molecule has 2 aromatic rings. The summed E-state index contributed by atoms with van der Waals surface area (Å²) >= 11 is 6.99. The molecule has 2 aromatic heterocycles. The van der Waals surface area contributed by atoms with Gasteiger partial charge in [0.1, 0.15) is 4.99 Å². The van der Waals surface area contributed by atoms with Gasteiger partial charge in [-0.05, 0) is 36.4 Å². The van der Waals surface area contributed by atoms with Gasteiger partial charge in [-0.3, -0.25) is 4.98 Å². The van der Waals surface area contributed by atoms with Crippen LogP contribution in [0.1, 0.15) is 29.0 Å². The minimum Gasteiger partial charge on any atom is -0.389 e. The minimum atomic E-state index is 0.340. The number of anilines is 1. The third-order valence-corrected chi connectivity index (χ3v) is 4.87. The Morgan fingerprint density at radius 2 is 2.37 bits per heavy atom. The highest BCUT2D eigenvalue weighted by Crippen LogP contribution is 2.36. The average Bonchev–Trinajstić information content (AvgIpc) is 2.88. The predicted molar refractivity (Wildman–Crippen MR) is 83.9 cm³/mol. The Morgan fingerprint density at radius 3 is 3.16 bits per heavy atom. The van der Waals surface area contributed by atoms with Crippen molar-refractivity contribution in [2.24, 2.45) is 5.73 Å². The number of nitrogens with zero attached hydrogens (tertiary/aromatic N) is 2. The molecular weight excluding hydrogens is 274 g/mol. The lowest BCUT2D eigenvalue weighted by atomic mass is 10.00. The molecule has 0 aliphatic carbocycles. The molecule has 1 aliphatic rings. The summed E-state index contributed by atoms with van der Waals surface area (Å²) in [4.78, 5) is 8.49. The van der Waals surface area contributed by atoms with Crippen LogP contribution in [-0.2, 0) is 6.42 Å². The van der Waals surface area contributed by atoms with Crippen LogP contribution >= 0.6 is 23.6 Å². The molecule has 98 valence electrons. The van der Waals surface area contributed by atoms with E-state index in [1.165, 1.54) is 10.4 Å². The number of rotatable bonds is 2. The van der Waals surface area contributed by atoms with E-state index in [0.29, 0.717) is 11.0 Å². The van der Waals surface area contributed by atoms with Crippen molar-refractivity contribution in [1.82, 2.24) is 4.98 Å². The molecule has 3 rings (SSSR count). The van der Waals surface area contributed by atoms with E-state index in [9.17, 15) is 0 Å². The Bertz CT molecular complexity index is 621. The van der Waals surface area contributed by atoms with Crippen LogP contribution < -0.4 is 10.6 Å². The average molecular weight is 289 g/mol. The van der Waals surface area contributed by atoms with Gasteiger partial charge in [0.05, 0.1) is 17.9 Å². The zero-order chi connectivity index (χ0) is 13.4. The molecule has 5 heteroatoms. The lowest BCUT2D eigenvalue weighted by Gasteiger charge is -2.36. The van der Waals surface area contributed by atoms with Crippen molar-refractivity contribution >= 4 is 34.2 Å². The van der Waals surface area contributed by atoms with E-state index in [0.717, 1.165) is 24.2 Å². The van der Waals surface area contributed by atoms with Crippen LogP contribution in [-0.4, -0.2) is 16.5 Å². The van der Waals surface area contributed by atoms with Gasteiger partial charge in [-0.25, -0.2) is 0 Å². The fourth-order valence-electron chi connectivity index (χ4n) is 2.66. The maximum atomic E-state index is 5.82. The van der Waals surface area contributed by atoms with Crippen molar-refractivity contribution in [3.05, 3.63) is 45.9 Å². The second-order valence-corrected chi connectivity index (χ2v) is 6.12. The number of hydrogen-bond acceptors (Lipinski definition) is 4. The fraction of sp³-hybridized carbons (Fsp3) is 0.286. The van der Waals surface area contributed by atoms with Crippen LogP contribution in [0.3, 0.4) is 0 Å². The molecule has 0 bridgehead atoms. The summed E-state index contributed by atoms with van der Waals surface area (Å²) in [5.41, 5.74) is 9.19. The number of thiocarbonyl (C=S) groups is 1. The van der Waals surface area contributed by atoms with Crippen molar-refractivity contribution in [3.63, 3.8) is 0 Å². The first kappa shape index (κ1) is 12.6. The van der Waals surface area contributed by atoms with Gasteiger partial charge < -0.3 is 10.6 Å². The molecule has 0 fully saturated rings. The maximum absolute atomic E-state index is 5.82. The van der Waals surface area contributed by atoms with E-state index >= 15 is 0 Å². The summed E-state index contributed by atoms with van der Waals surface area (Å²) in [6.45, 7) is 3.21. The first-order valence-corrected chi connectivity index (χ1v) is 7.54. The SMILES string of the molecule is CC1c2ccsc2CCN1c1cnccc1C(N)=S. The van der Waals surface area contributed by atoms with Crippen molar-refractivity contribution in [2.75, 3.05) is 11.4 Å². The molecule has 0 spiro atoms. The van der Waals surface area contributed by atoms with E-state index < -0.39 is 0 Å². The third-order valence-electron chi connectivity index (χ3n) is 3.65. The van der Waals surface area contributed by atoms with Gasteiger partial charge in [-0.1, -0.05) is 12.2 Å². The Hall–Kier alpha value is -1.46. The first-order valence-electron chi connectivity index (χ1n) is 6.25. The monoisotopic (exact) mass is 289 g/mol. The summed E-state index contributed by atoms with van der Waals surface area (Å²) < 4.78 is 0. The highest BCUT2D eigenvalue weighted by atomic mass is 32.1. The summed E-state index contributed by atoms with van der Waals surface area (Å²) in [6, 6.07) is 4.45. The van der Waals surface area contributed by atoms with Crippen LogP contribution in [0.4, 0.5) is 5.69 Å². The van der Waals surface area contributed by atoms with Crippen molar-refractivity contribution in [1.29, 1.82) is 0 Å². The van der Waals surface area contributed by atoms with Crippen molar-refractivity contribution in [2.45, 2.75) is 19.4 Å².